The van der Waals surface area contributed by atoms with Crippen LogP contribution in [0.2, 0.25) is 0 Å². The maximum atomic E-state index is 13.6. The van der Waals surface area contributed by atoms with Crippen LogP contribution in [0.3, 0.4) is 0 Å². The molecular formula is C20H27FN4O. The van der Waals surface area contributed by atoms with Crippen LogP contribution in [0.4, 0.5) is 4.39 Å². The fraction of sp³-hybridized carbons (Fsp3) is 0.500. The van der Waals surface area contributed by atoms with Crippen LogP contribution < -0.4 is 0 Å². The average Bonchev–Trinajstić information content (AvgIpc) is 3.00. The van der Waals surface area contributed by atoms with Crippen molar-refractivity contribution in [2.75, 3.05) is 27.2 Å². The normalized spacial score (nSPS) is 16.9. The second kappa shape index (κ2) is 7.99. The van der Waals surface area contributed by atoms with E-state index < -0.39 is 6.04 Å². The van der Waals surface area contributed by atoms with E-state index in [1.54, 1.807) is 6.07 Å². The number of halogens is 1. The fourth-order valence-electron chi connectivity index (χ4n) is 3.72. The van der Waals surface area contributed by atoms with Crippen molar-refractivity contribution in [3.05, 3.63) is 53.9 Å². The molecule has 1 amide bonds. The molecule has 0 N–H and O–H groups in total. The van der Waals surface area contributed by atoms with Crippen molar-refractivity contribution in [2.24, 2.45) is 5.92 Å². The SMILES string of the molecule is Cc1nccn1CC1CCN(C(=O)[C@H](c2cccc(F)c2)N(C)C)CC1. The summed E-state index contributed by atoms with van der Waals surface area (Å²) in [6, 6.07) is 5.90. The number of piperidine rings is 1. The molecule has 1 aromatic carbocycles. The molecule has 0 bridgehead atoms. The van der Waals surface area contributed by atoms with Gasteiger partial charge in [-0.1, -0.05) is 12.1 Å². The lowest BCUT2D eigenvalue weighted by Gasteiger charge is -2.36. The number of carbonyl (C=O) groups excluding carboxylic acids is 1. The van der Waals surface area contributed by atoms with Crippen LogP contribution in [0.5, 0.6) is 0 Å². The third kappa shape index (κ3) is 4.12. The second-order valence-corrected chi connectivity index (χ2v) is 7.32. The van der Waals surface area contributed by atoms with Gasteiger partial charge in [0.15, 0.2) is 0 Å². The van der Waals surface area contributed by atoms with E-state index in [9.17, 15) is 9.18 Å². The fourth-order valence-corrected chi connectivity index (χ4v) is 3.72. The summed E-state index contributed by atoms with van der Waals surface area (Å²) in [5.41, 5.74) is 0.705. The molecule has 2 aromatic rings. The summed E-state index contributed by atoms with van der Waals surface area (Å²) >= 11 is 0. The predicted octanol–water partition coefficient (Wildman–Crippen LogP) is 2.87. The average molecular weight is 358 g/mol. The molecule has 1 aliphatic heterocycles. The number of benzene rings is 1. The van der Waals surface area contributed by atoms with E-state index >= 15 is 0 Å². The topological polar surface area (TPSA) is 41.4 Å². The summed E-state index contributed by atoms with van der Waals surface area (Å²) in [6.45, 7) is 4.46. The van der Waals surface area contributed by atoms with Crippen LogP contribution in [-0.4, -0.2) is 52.4 Å². The Morgan fingerprint density at radius 1 is 1.35 bits per heavy atom. The first-order valence-corrected chi connectivity index (χ1v) is 9.14. The molecule has 0 unspecified atom stereocenters. The molecule has 1 aliphatic rings. The Kier molecular flexibility index (Phi) is 5.71. The van der Waals surface area contributed by atoms with Crippen molar-refractivity contribution in [1.29, 1.82) is 0 Å². The zero-order chi connectivity index (χ0) is 18.7. The number of hydrogen-bond donors (Lipinski definition) is 0. The van der Waals surface area contributed by atoms with Gasteiger partial charge in [-0.3, -0.25) is 9.69 Å². The minimum Gasteiger partial charge on any atom is -0.341 e. The van der Waals surface area contributed by atoms with Crippen molar-refractivity contribution in [2.45, 2.75) is 32.4 Å². The van der Waals surface area contributed by atoms with E-state index in [0.717, 1.165) is 38.3 Å². The molecule has 0 spiro atoms. The van der Waals surface area contributed by atoms with E-state index in [2.05, 4.69) is 9.55 Å². The van der Waals surface area contributed by atoms with Crippen LogP contribution in [0.25, 0.3) is 0 Å². The summed E-state index contributed by atoms with van der Waals surface area (Å²) in [6.07, 6.45) is 5.80. The lowest BCUT2D eigenvalue weighted by Crippen LogP contribution is -2.45. The van der Waals surface area contributed by atoms with E-state index in [-0.39, 0.29) is 11.7 Å². The van der Waals surface area contributed by atoms with E-state index in [0.29, 0.717) is 11.5 Å². The number of likely N-dealkylation sites (tertiary alicyclic amines) is 1. The predicted molar refractivity (Wildman–Crippen MR) is 99.1 cm³/mol. The Balaban J connectivity index is 1.63. The monoisotopic (exact) mass is 358 g/mol. The summed E-state index contributed by atoms with van der Waals surface area (Å²) in [5.74, 6) is 1.33. The van der Waals surface area contributed by atoms with Crippen LogP contribution in [0.1, 0.15) is 30.3 Å². The number of carbonyl (C=O) groups is 1. The van der Waals surface area contributed by atoms with Gasteiger partial charge in [0.05, 0.1) is 0 Å². The zero-order valence-corrected chi connectivity index (χ0v) is 15.7. The largest absolute Gasteiger partial charge is 0.341 e. The highest BCUT2D eigenvalue weighted by atomic mass is 19.1. The van der Waals surface area contributed by atoms with Gasteiger partial charge in [-0.15, -0.1) is 0 Å². The number of imidazole rings is 1. The molecule has 1 fully saturated rings. The number of aromatic nitrogens is 2. The first-order valence-electron chi connectivity index (χ1n) is 9.14. The molecule has 0 radical (unpaired) electrons. The van der Waals surface area contributed by atoms with Crippen LogP contribution >= 0.6 is 0 Å². The Hall–Kier alpha value is -2.21. The number of rotatable bonds is 5. The smallest absolute Gasteiger partial charge is 0.244 e. The summed E-state index contributed by atoms with van der Waals surface area (Å²) in [4.78, 5) is 21.1. The van der Waals surface area contributed by atoms with Crippen molar-refractivity contribution in [1.82, 2.24) is 19.4 Å². The Labute approximate surface area is 154 Å². The quantitative estimate of drug-likeness (QED) is 0.825. The maximum absolute atomic E-state index is 13.6. The highest BCUT2D eigenvalue weighted by molar-refractivity contribution is 5.83. The number of nitrogens with zero attached hydrogens (tertiary/aromatic N) is 4. The molecule has 0 aliphatic carbocycles. The minimum atomic E-state index is -0.446. The molecule has 140 valence electrons. The molecule has 5 nitrogen and oxygen atoms in total. The van der Waals surface area contributed by atoms with Gasteiger partial charge < -0.3 is 9.47 Å². The summed E-state index contributed by atoms with van der Waals surface area (Å²) in [7, 11) is 3.73. The van der Waals surface area contributed by atoms with Gasteiger partial charge in [0.25, 0.3) is 0 Å². The second-order valence-electron chi connectivity index (χ2n) is 7.32. The van der Waals surface area contributed by atoms with Crippen molar-refractivity contribution in [3.8, 4) is 0 Å². The molecule has 3 rings (SSSR count). The highest BCUT2D eigenvalue weighted by Gasteiger charge is 2.31. The number of aryl methyl sites for hydroxylation is 1. The molecule has 6 heteroatoms. The maximum Gasteiger partial charge on any atom is 0.244 e. The first-order chi connectivity index (χ1) is 12.5. The van der Waals surface area contributed by atoms with Gasteiger partial charge >= 0.3 is 0 Å². The minimum absolute atomic E-state index is 0.0536. The molecule has 1 atom stereocenters. The van der Waals surface area contributed by atoms with E-state index in [4.69, 9.17) is 0 Å². The highest BCUT2D eigenvalue weighted by Crippen LogP contribution is 2.26. The van der Waals surface area contributed by atoms with Gasteiger partial charge in [-0.05, 0) is 57.5 Å². The summed E-state index contributed by atoms with van der Waals surface area (Å²) < 4.78 is 15.8. The molecular weight excluding hydrogens is 331 g/mol. The van der Waals surface area contributed by atoms with Gasteiger partial charge in [0, 0.05) is 32.0 Å². The van der Waals surface area contributed by atoms with Gasteiger partial charge in [-0.25, -0.2) is 9.37 Å². The Morgan fingerprint density at radius 2 is 2.08 bits per heavy atom. The van der Waals surface area contributed by atoms with Crippen LogP contribution in [-0.2, 0) is 11.3 Å². The summed E-state index contributed by atoms with van der Waals surface area (Å²) in [5, 5.41) is 0. The number of amides is 1. The molecule has 26 heavy (non-hydrogen) atoms. The number of likely N-dealkylation sites (N-methyl/N-ethyl adjacent to an activating group) is 1. The lowest BCUT2D eigenvalue weighted by atomic mass is 9.95. The van der Waals surface area contributed by atoms with Gasteiger partial charge in [0.1, 0.15) is 17.7 Å². The molecule has 2 heterocycles. The zero-order valence-electron chi connectivity index (χ0n) is 15.7. The van der Waals surface area contributed by atoms with Crippen molar-refractivity contribution < 1.29 is 9.18 Å². The first kappa shape index (κ1) is 18.6. The van der Waals surface area contributed by atoms with Crippen molar-refractivity contribution >= 4 is 5.91 Å². The van der Waals surface area contributed by atoms with Gasteiger partial charge in [0.2, 0.25) is 5.91 Å². The Morgan fingerprint density at radius 3 is 2.65 bits per heavy atom. The molecule has 0 saturated carbocycles. The molecule has 1 aromatic heterocycles. The van der Waals surface area contributed by atoms with E-state index in [1.165, 1.54) is 12.1 Å². The van der Waals surface area contributed by atoms with Gasteiger partial charge in [-0.2, -0.15) is 0 Å². The molecule has 1 saturated heterocycles. The van der Waals surface area contributed by atoms with Crippen LogP contribution in [0.15, 0.2) is 36.7 Å². The lowest BCUT2D eigenvalue weighted by molar-refractivity contribution is -0.137. The standard InChI is InChI=1S/C20H27FN4O/c1-15-22-9-12-25(15)14-16-7-10-24(11-8-16)20(26)19(23(2)3)17-5-4-6-18(21)13-17/h4-6,9,12-13,16,19H,7-8,10-11,14H2,1-3H3/t19-/m0/s1. The Bertz CT molecular complexity index is 750. The third-order valence-corrected chi connectivity index (χ3v) is 5.22. The number of hydrogen-bond acceptors (Lipinski definition) is 3. The van der Waals surface area contributed by atoms with Crippen LogP contribution in [0, 0.1) is 18.7 Å². The third-order valence-electron chi connectivity index (χ3n) is 5.22. The van der Waals surface area contributed by atoms with E-state index in [1.807, 2.05) is 49.3 Å². The van der Waals surface area contributed by atoms with Crippen molar-refractivity contribution in [3.63, 3.8) is 0 Å².